The van der Waals surface area contributed by atoms with E-state index in [-0.39, 0.29) is 11.4 Å². The molecule has 1 fully saturated rings. The molecule has 7 heteroatoms. The molecule has 2 heterocycles. The van der Waals surface area contributed by atoms with Crippen LogP contribution >= 0.6 is 0 Å². The molecule has 0 unspecified atom stereocenters. The van der Waals surface area contributed by atoms with Gasteiger partial charge in [0.05, 0.1) is 24.6 Å². The summed E-state index contributed by atoms with van der Waals surface area (Å²) in [5.41, 5.74) is 11.5. The molecule has 0 bridgehead atoms. The van der Waals surface area contributed by atoms with E-state index in [0.717, 1.165) is 49.5 Å². The Bertz CT molecular complexity index is 1080. The fourth-order valence-electron chi connectivity index (χ4n) is 3.71. The lowest BCUT2D eigenvalue weighted by molar-refractivity contribution is 0.0342. The number of hydrogen-bond donors (Lipinski definition) is 3. The number of ether oxygens (including phenoxy) is 1. The molecule has 1 aromatic heterocycles. The standard InChI is InChI=1S/C24H26N6O/c25-22-5-4-19(20-13-28-16-29-14-20)12-21(22)24(27)23(26)11-17-2-1-3-18(10-17)15-30-6-8-31-9-7-30/h1-5,10,12-14,16,26-27H,6-9,11,15,25H2. The third kappa shape index (κ3) is 5.20. The van der Waals surface area contributed by atoms with E-state index in [2.05, 4.69) is 27.0 Å². The third-order valence-electron chi connectivity index (χ3n) is 5.40. The summed E-state index contributed by atoms with van der Waals surface area (Å²) in [5.74, 6) is 0. The fraction of sp³-hybridized carbons (Fsp3) is 0.250. The highest BCUT2D eigenvalue weighted by Crippen LogP contribution is 2.24. The van der Waals surface area contributed by atoms with Crippen molar-refractivity contribution in [2.75, 3.05) is 32.0 Å². The van der Waals surface area contributed by atoms with E-state index < -0.39 is 0 Å². The molecule has 7 nitrogen and oxygen atoms in total. The number of benzene rings is 2. The van der Waals surface area contributed by atoms with Gasteiger partial charge in [0.1, 0.15) is 6.33 Å². The lowest BCUT2D eigenvalue weighted by Gasteiger charge is -2.26. The normalized spacial score (nSPS) is 14.3. The molecule has 2 aromatic carbocycles. The average Bonchev–Trinajstić information content (AvgIpc) is 2.80. The summed E-state index contributed by atoms with van der Waals surface area (Å²) in [5, 5.41) is 17.1. The molecule has 3 aromatic rings. The van der Waals surface area contributed by atoms with Crippen LogP contribution in [0.4, 0.5) is 5.69 Å². The first-order chi connectivity index (χ1) is 15.1. The summed E-state index contributed by atoms with van der Waals surface area (Å²) in [7, 11) is 0. The second-order valence-electron chi connectivity index (χ2n) is 7.67. The summed E-state index contributed by atoms with van der Waals surface area (Å²) >= 11 is 0. The van der Waals surface area contributed by atoms with Crippen LogP contribution < -0.4 is 5.73 Å². The van der Waals surface area contributed by atoms with Crippen molar-refractivity contribution in [1.29, 1.82) is 10.8 Å². The summed E-state index contributed by atoms with van der Waals surface area (Å²) < 4.78 is 5.42. The maximum absolute atomic E-state index is 8.59. The van der Waals surface area contributed by atoms with E-state index in [0.29, 0.717) is 17.7 Å². The number of anilines is 1. The van der Waals surface area contributed by atoms with Crippen molar-refractivity contribution < 1.29 is 4.74 Å². The number of nitrogens with zero attached hydrogens (tertiary/aromatic N) is 3. The van der Waals surface area contributed by atoms with E-state index in [1.165, 1.54) is 11.9 Å². The van der Waals surface area contributed by atoms with Crippen LogP contribution in [-0.4, -0.2) is 52.6 Å². The van der Waals surface area contributed by atoms with Crippen LogP contribution in [0.25, 0.3) is 11.1 Å². The molecule has 1 saturated heterocycles. The van der Waals surface area contributed by atoms with Gasteiger partial charge in [-0.25, -0.2) is 9.97 Å². The van der Waals surface area contributed by atoms with Crippen molar-refractivity contribution in [2.24, 2.45) is 0 Å². The molecule has 0 spiro atoms. The highest BCUT2D eigenvalue weighted by atomic mass is 16.5. The van der Waals surface area contributed by atoms with Gasteiger partial charge >= 0.3 is 0 Å². The van der Waals surface area contributed by atoms with E-state index >= 15 is 0 Å². The fourth-order valence-corrected chi connectivity index (χ4v) is 3.71. The number of hydrogen-bond acceptors (Lipinski definition) is 7. The molecule has 4 N–H and O–H groups in total. The van der Waals surface area contributed by atoms with Crippen molar-refractivity contribution >= 4 is 17.1 Å². The lowest BCUT2D eigenvalue weighted by Crippen LogP contribution is -2.35. The Morgan fingerprint density at radius 3 is 2.48 bits per heavy atom. The quantitative estimate of drug-likeness (QED) is 0.406. The van der Waals surface area contributed by atoms with Crippen molar-refractivity contribution in [3.8, 4) is 11.1 Å². The molecule has 0 aliphatic carbocycles. The molecule has 1 aliphatic heterocycles. The van der Waals surface area contributed by atoms with Crippen LogP contribution in [0.5, 0.6) is 0 Å². The maximum Gasteiger partial charge on any atom is 0.115 e. The van der Waals surface area contributed by atoms with Crippen LogP contribution in [0, 0.1) is 10.8 Å². The van der Waals surface area contributed by atoms with Crippen molar-refractivity contribution in [1.82, 2.24) is 14.9 Å². The smallest absolute Gasteiger partial charge is 0.115 e. The summed E-state index contributed by atoms with van der Waals surface area (Å²) in [6.07, 6.45) is 5.30. The van der Waals surface area contributed by atoms with Gasteiger partial charge in [0, 0.05) is 55.3 Å². The Balaban J connectivity index is 1.48. The second-order valence-corrected chi connectivity index (χ2v) is 7.67. The van der Waals surface area contributed by atoms with E-state index in [9.17, 15) is 0 Å². The number of nitrogens with two attached hydrogens (primary N) is 1. The highest BCUT2D eigenvalue weighted by Gasteiger charge is 2.15. The first-order valence-corrected chi connectivity index (χ1v) is 10.3. The van der Waals surface area contributed by atoms with Gasteiger partial charge < -0.3 is 15.9 Å². The predicted octanol–water partition coefficient (Wildman–Crippen LogP) is 3.19. The molecule has 0 amide bonds. The van der Waals surface area contributed by atoms with Crippen LogP contribution in [0.3, 0.4) is 0 Å². The van der Waals surface area contributed by atoms with Gasteiger partial charge in [0.2, 0.25) is 0 Å². The summed E-state index contributed by atoms with van der Waals surface area (Å²) in [6.45, 7) is 4.30. The van der Waals surface area contributed by atoms with Gasteiger partial charge in [-0.15, -0.1) is 0 Å². The Hall–Kier alpha value is -3.42. The Kier molecular flexibility index (Phi) is 6.45. The number of morpholine rings is 1. The SMILES string of the molecule is N=C(Cc1cccc(CN2CCOCC2)c1)C(=N)c1cc(-c2cncnc2)ccc1N. The number of aromatic nitrogens is 2. The number of nitrogen functional groups attached to an aromatic ring is 1. The zero-order valence-corrected chi connectivity index (χ0v) is 17.3. The Labute approximate surface area is 181 Å². The molecular formula is C24H26N6O. The van der Waals surface area contributed by atoms with Crippen molar-refractivity contribution in [3.05, 3.63) is 77.9 Å². The number of rotatable bonds is 7. The Morgan fingerprint density at radius 2 is 1.71 bits per heavy atom. The molecule has 1 aliphatic rings. The zero-order chi connectivity index (χ0) is 21.6. The molecule has 31 heavy (non-hydrogen) atoms. The average molecular weight is 415 g/mol. The first-order valence-electron chi connectivity index (χ1n) is 10.3. The number of nitrogens with one attached hydrogen (secondary N) is 2. The second kappa shape index (κ2) is 9.59. The van der Waals surface area contributed by atoms with Crippen molar-refractivity contribution in [3.63, 3.8) is 0 Å². The molecule has 0 atom stereocenters. The van der Waals surface area contributed by atoms with E-state index in [1.807, 2.05) is 24.3 Å². The van der Waals surface area contributed by atoms with Gasteiger partial charge in [-0.3, -0.25) is 10.3 Å². The van der Waals surface area contributed by atoms with Crippen LogP contribution in [0.1, 0.15) is 16.7 Å². The third-order valence-corrected chi connectivity index (χ3v) is 5.40. The lowest BCUT2D eigenvalue weighted by atomic mass is 9.95. The molecule has 4 rings (SSSR count). The van der Waals surface area contributed by atoms with Gasteiger partial charge in [-0.1, -0.05) is 30.3 Å². The minimum absolute atomic E-state index is 0.134. The van der Waals surface area contributed by atoms with Gasteiger partial charge in [0.15, 0.2) is 0 Å². The van der Waals surface area contributed by atoms with E-state index in [4.69, 9.17) is 21.3 Å². The molecule has 0 radical (unpaired) electrons. The predicted molar refractivity (Wildman–Crippen MR) is 123 cm³/mol. The van der Waals surface area contributed by atoms with Gasteiger partial charge in [-0.05, 0) is 28.8 Å². The van der Waals surface area contributed by atoms with Crippen LogP contribution in [0.15, 0.2) is 61.2 Å². The first kappa shape index (κ1) is 20.8. The molecule has 158 valence electrons. The van der Waals surface area contributed by atoms with Crippen LogP contribution in [0.2, 0.25) is 0 Å². The zero-order valence-electron chi connectivity index (χ0n) is 17.3. The Morgan fingerprint density at radius 1 is 0.968 bits per heavy atom. The maximum atomic E-state index is 8.59. The summed E-state index contributed by atoms with van der Waals surface area (Å²) in [4.78, 5) is 10.5. The van der Waals surface area contributed by atoms with E-state index in [1.54, 1.807) is 18.5 Å². The molecular weight excluding hydrogens is 388 g/mol. The van der Waals surface area contributed by atoms with Gasteiger partial charge in [-0.2, -0.15) is 0 Å². The molecule has 0 saturated carbocycles. The summed E-state index contributed by atoms with van der Waals surface area (Å²) in [6, 6.07) is 13.7. The monoisotopic (exact) mass is 414 g/mol. The van der Waals surface area contributed by atoms with Gasteiger partial charge in [0.25, 0.3) is 0 Å². The minimum atomic E-state index is 0.134. The minimum Gasteiger partial charge on any atom is -0.398 e. The topological polar surface area (TPSA) is 112 Å². The highest BCUT2D eigenvalue weighted by molar-refractivity contribution is 6.47. The largest absolute Gasteiger partial charge is 0.398 e. The van der Waals surface area contributed by atoms with Crippen molar-refractivity contribution in [2.45, 2.75) is 13.0 Å². The van der Waals surface area contributed by atoms with Crippen LogP contribution in [-0.2, 0) is 17.7 Å².